The van der Waals surface area contributed by atoms with Crippen LogP contribution in [0.1, 0.15) is 25.7 Å². The van der Waals surface area contributed by atoms with E-state index in [1.165, 1.54) is 25.0 Å². The average molecular weight is 273 g/mol. The van der Waals surface area contributed by atoms with E-state index < -0.39 is 5.82 Å². The van der Waals surface area contributed by atoms with Gasteiger partial charge in [0.05, 0.1) is 5.02 Å². The lowest BCUT2D eigenvalue weighted by atomic mass is 10.2. The van der Waals surface area contributed by atoms with Crippen LogP contribution >= 0.6 is 23.8 Å². The Balaban J connectivity index is 1.90. The van der Waals surface area contributed by atoms with Gasteiger partial charge >= 0.3 is 0 Å². The molecule has 0 bridgehead atoms. The Morgan fingerprint density at radius 2 is 2.06 bits per heavy atom. The molecule has 0 heterocycles. The van der Waals surface area contributed by atoms with Crippen molar-refractivity contribution in [3.63, 3.8) is 0 Å². The van der Waals surface area contributed by atoms with Gasteiger partial charge in [-0.25, -0.2) is 4.39 Å². The van der Waals surface area contributed by atoms with E-state index in [1.807, 2.05) is 0 Å². The van der Waals surface area contributed by atoms with E-state index in [2.05, 4.69) is 10.6 Å². The van der Waals surface area contributed by atoms with Gasteiger partial charge in [-0.2, -0.15) is 0 Å². The maximum atomic E-state index is 13.0. The molecule has 92 valence electrons. The normalized spacial score (nSPS) is 15.9. The first kappa shape index (κ1) is 12.6. The van der Waals surface area contributed by atoms with Crippen molar-refractivity contribution in [2.45, 2.75) is 31.7 Å². The Morgan fingerprint density at radius 1 is 1.35 bits per heavy atom. The van der Waals surface area contributed by atoms with Gasteiger partial charge < -0.3 is 10.6 Å². The summed E-state index contributed by atoms with van der Waals surface area (Å²) in [6, 6.07) is 4.93. The van der Waals surface area contributed by atoms with Gasteiger partial charge in [-0.1, -0.05) is 24.4 Å². The number of hydrogen-bond donors (Lipinski definition) is 2. The van der Waals surface area contributed by atoms with E-state index >= 15 is 0 Å². The van der Waals surface area contributed by atoms with E-state index in [9.17, 15) is 4.39 Å². The molecule has 2 N–H and O–H groups in total. The number of thiocarbonyl (C=S) groups is 1. The Hall–Kier alpha value is -0.870. The van der Waals surface area contributed by atoms with E-state index in [0.29, 0.717) is 16.8 Å². The highest BCUT2D eigenvalue weighted by Gasteiger charge is 2.15. The highest BCUT2D eigenvalue weighted by atomic mass is 35.5. The zero-order valence-electron chi connectivity index (χ0n) is 9.30. The van der Waals surface area contributed by atoms with Crippen LogP contribution in [0.15, 0.2) is 18.2 Å². The highest BCUT2D eigenvalue weighted by molar-refractivity contribution is 7.80. The molecule has 1 aromatic carbocycles. The van der Waals surface area contributed by atoms with Crippen LogP contribution in [0, 0.1) is 5.82 Å². The van der Waals surface area contributed by atoms with Gasteiger partial charge in [-0.15, -0.1) is 0 Å². The molecule has 0 aliphatic heterocycles. The van der Waals surface area contributed by atoms with E-state index in [4.69, 9.17) is 23.8 Å². The Morgan fingerprint density at radius 3 is 2.71 bits per heavy atom. The van der Waals surface area contributed by atoms with Crippen LogP contribution in [0.4, 0.5) is 10.1 Å². The van der Waals surface area contributed by atoms with Crippen molar-refractivity contribution in [1.29, 1.82) is 0 Å². The summed E-state index contributed by atoms with van der Waals surface area (Å²) >= 11 is 10.9. The van der Waals surface area contributed by atoms with Crippen LogP contribution in [-0.4, -0.2) is 11.2 Å². The SMILES string of the molecule is Fc1ccc(NC(=S)NC2CCCC2)cc1Cl. The second-order valence-corrected chi connectivity index (χ2v) is 5.02. The molecule has 2 rings (SSSR count). The molecule has 0 radical (unpaired) electrons. The Kier molecular flexibility index (Phi) is 4.18. The van der Waals surface area contributed by atoms with Gasteiger partial charge in [-0.3, -0.25) is 0 Å². The van der Waals surface area contributed by atoms with Crippen LogP contribution < -0.4 is 10.6 Å². The van der Waals surface area contributed by atoms with Gasteiger partial charge in [-0.05, 0) is 43.3 Å². The molecular weight excluding hydrogens is 259 g/mol. The quantitative estimate of drug-likeness (QED) is 0.803. The standard InChI is InChI=1S/C12H14ClFN2S/c13-10-7-9(5-6-11(10)14)16-12(17)15-8-3-1-2-4-8/h5-8H,1-4H2,(H2,15,16,17). The summed E-state index contributed by atoms with van der Waals surface area (Å²) < 4.78 is 13.0. The van der Waals surface area contributed by atoms with Crippen molar-refractivity contribution in [1.82, 2.24) is 5.32 Å². The number of benzene rings is 1. The van der Waals surface area contributed by atoms with Gasteiger partial charge in [0.1, 0.15) is 5.82 Å². The van der Waals surface area contributed by atoms with Crippen molar-refractivity contribution in [3.8, 4) is 0 Å². The van der Waals surface area contributed by atoms with Gasteiger partial charge in [0.2, 0.25) is 0 Å². The fourth-order valence-corrected chi connectivity index (χ4v) is 2.46. The van der Waals surface area contributed by atoms with Crippen molar-refractivity contribution in [3.05, 3.63) is 29.0 Å². The first-order valence-electron chi connectivity index (χ1n) is 5.68. The molecule has 17 heavy (non-hydrogen) atoms. The zero-order valence-corrected chi connectivity index (χ0v) is 10.9. The first-order chi connectivity index (χ1) is 8.15. The summed E-state index contributed by atoms with van der Waals surface area (Å²) in [5.41, 5.74) is 0.701. The molecule has 0 spiro atoms. The zero-order chi connectivity index (χ0) is 12.3. The maximum absolute atomic E-state index is 13.0. The molecule has 0 amide bonds. The topological polar surface area (TPSA) is 24.1 Å². The number of hydrogen-bond acceptors (Lipinski definition) is 1. The summed E-state index contributed by atoms with van der Waals surface area (Å²) in [6.45, 7) is 0. The van der Waals surface area contributed by atoms with Crippen LogP contribution in [-0.2, 0) is 0 Å². The lowest BCUT2D eigenvalue weighted by molar-refractivity contribution is 0.628. The van der Waals surface area contributed by atoms with E-state index in [1.54, 1.807) is 6.07 Å². The summed E-state index contributed by atoms with van der Waals surface area (Å²) in [4.78, 5) is 0. The molecule has 1 fully saturated rings. The largest absolute Gasteiger partial charge is 0.360 e. The third kappa shape index (κ3) is 3.54. The fraction of sp³-hybridized carbons (Fsp3) is 0.417. The monoisotopic (exact) mass is 272 g/mol. The second kappa shape index (κ2) is 5.65. The molecule has 5 heteroatoms. The van der Waals surface area contributed by atoms with Crippen molar-refractivity contribution in [2.75, 3.05) is 5.32 Å². The summed E-state index contributed by atoms with van der Waals surface area (Å²) in [7, 11) is 0. The van der Waals surface area contributed by atoms with Crippen LogP contribution in [0.2, 0.25) is 5.02 Å². The van der Waals surface area contributed by atoms with Gasteiger partial charge in [0, 0.05) is 11.7 Å². The predicted molar refractivity (Wildman–Crippen MR) is 73.0 cm³/mol. The molecule has 2 nitrogen and oxygen atoms in total. The number of rotatable bonds is 2. The molecule has 0 saturated heterocycles. The molecule has 1 aliphatic rings. The third-order valence-corrected chi connectivity index (χ3v) is 3.38. The Bertz CT molecular complexity index is 419. The number of halogens is 2. The molecule has 0 aromatic heterocycles. The lowest BCUT2D eigenvalue weighted by Crippen LogP contribution is -2.35. The van der Waals surface area contributed by atoms with Crippen LogP contribution in [0.5, 0.6) is 0 Å². The summed E-state index contributed by atoms with van der Waals surface area (Å²) in [6.07, 6.45) is 4.82. The average Bonchev–Trinajstić information content (AvgIpc) is 2.76. The maximum Gasteiger partial charge on any atom is 0.170 e. The Labute approximate surface area is 111 Å². The van der Waals surface area contributed by atoms with Crippen molar-refractivity contribution in [2.24, 2.45) is 0 Å². The number of nitrogens with one attached hydrogen (secondary N) is 2. The van der Waals surface area contributed by atoms with E-state index in [0.717, 1.165) is 12.8 Å². The minimum Gasteiger partial charge on any atom is -0.360 e. The van der Waals surface area contributed by atoms with Crippen molar-refractivity contribution >= 4 is 34.6 Å². The lowest BCUT2D eigenvalue weighted by Gasteiger charge is -2.15. The van der Waals surface area contributed by atoms with Crippen LogP contribution in [0.25, 0.3) is 0 Å². The van der Waals surface area contributed by atoms with Gasteiger partial charge in [0.15, 0.2) is 5.11 Å². The fourth-order valence-electron chi connectivity index (χ4n) is 2.00. The predicted octanol–water partition coefficient (Wildman–Crippen LogP) is 3.71. The molecule has 0 unspecified atom stereocenters. The molecule has 1 aromatic rings. The minimum atomic E-state index is -0.424. The third-order valence-electron chi connectivity index (χ3n) is 2.87. The smallest absolute Gasteiger partial charge is 0.170 e. The molecule has 1 aliphatic carbocycles. The highest BCUT2D eigenvalue weighted by Crippen LogP contribution is 2.20. The molecule has 0 atom stereocenters. The van der Waals surface area contributed by atoms with Crippen molar-refractivity contribution < 1.29 is 4.39 Å². The van der Waals surface area contributed by atoms with E-state index in [-0.39, 0.29) is 5.02 Å². The summed E-state index contributed by atoms with van der Waals surface area (Å²) in [5.74, 6) is -0.424. The molecular formula is C12H14ClFN2S. The first-order valence-corrected chi connectivity index (χ1v) is 6.46. The molecule has 1 saturated carbocycles. The summed E-state index contributed by atoms with van der Waals surface area (Å²) in [5, 5.41) is 6.92. The second-order valence-electron chi connectivity index (χ2n) is 4.21. The van der Waals surface area contributed by atoms with Crippen LogP contribution in [0.3, 0.4) is 0 Å². The number of anilines is 1. The minimum absolute atomic E-state index is 0.0960. The van der Waals surface area contributed by atoms with Gasteiger partial charge in [0.25, 0.3) is 0 Å².